The van der Waals surface area contributed by atoms with Gasteiger partial charge in [-0.2, -0.15) is 0 Å². The fourth-order valence-electron chi connectivity index (χ4n) is 5.23. The van der Waals surface area contributed by atoms with E-state index >= 15 is 0 Å². The highest BCUT2D eigenvalue weighted by Crippen LogP contribution is 2.46. The second-order valence-corrected chi connectivity index (χ2v) is 10.7. The van der Waals surface area contributed by atoms with Gasteiger partial charge in [-0.05, 0) is 59.7 Å². The number of benzene rings is 4. The molecule has 2 heterocycles. The number of carbonyl (C=O) groups is 4. The quantitative estimate of drug-likeness (QED) is 0.217. The topological polar surface area (TPSA) is 74.8 Å². The first-order valence-electron chi connectivity index (χ1n) is 13.1. The van der Waals surface area contributed by atoms with Crippen LogP contribution in [0.15, 0.2) is 120 Å². The summed E-state index contributed by atoms with van der Waals surface area (Å²) in [7, 11) is 0. The predicted molar refractivity (Wildman–Crippen MR) is 162 cm³/mol. The maximum absolute atomic E-state index is 14.2. The lowest BCUT2D eigenvalue weighted by molar-refractivity contribution is -0.123. The van der Waals surface area contributed by atoms with Crippen LogP contribution in [-0.2, 0) is 9.59 Å². The number of Topliss-reactive ketones (excluding diaryl/α,β-unsaturated/α-hetero) is 2. The number of rotatable bonds is 8. The highest BCUT2D eigenvalue weighted by molar-refractivity contribution is 6.32. The molecule has 0 fully saturated rings. The Balaban J connectivity index is 1.48. The van der Waals surface area contributed by atoms with Crippen LogP contribution in [0.2, 0.25) is 10.0 Å². The molecule has 0 atom stereocenters. The first-order valence-corrected chi connectivity index (χ1v) is 13.9. The molecule has 0 radical (unpaired) electrons. The molecule has 6 rings (SSSR count). The number of halogens is 2. The summed E-state index contributed by atoms with van der Waals surface area (Å²) >= 11 is 12.0. The van der Waals surface area contributed by atoms with Crippen molar-refractivity contribution in [3.63, 3.8) is 0 Å². The van der Waals surface area contributed by atoms with Crippen molar-refractivity contribution < 1.29 is 19.2 Å². The van der Waals surface area contributed by atoms with E-state index in [1.54, 1.807) is 97.1 Å². The molecule has 42 heavy (non-hydrogen) atoms. The van der Waals surface area contributed by atoms with Crippen molar-refractivity contribution in [3.05, 3.63) is 153 Å². The molecular weight excluding hydrogens is 571 g/mol. The molecule has 0 saturated carbocycles. The highest BCUT2D eigenvalue weighted by atomic mass is 35.5. The van der Waals surface area contributed by atoms with Crippen LogP contribution in [0.4, 0.5) is 0 Å². The summed E-state index contributed by atoms with van der Waals surface area (Å²) in [5.41, 5.74) is 2.98. The smallest absolute Gasteiger partial charge is 0.261 e. The molecule has 0 spiro atoms. The lowest BCUT2D eigenvalue weighted by Gasteiger charge is -2.24. The lowest BCUT2D eigenvalue weighted by Crippen LogP contribution is -2.35. The monoisotopic (exact) mass is 592 g/mol. The van der Waals surface area contributed by atoms with Gasteiger partial charge in [0.1, 0.15) is 0 Å². The average Bonchev–Trinajstić information content (AvgIpc) is 3.45. The van der Waals surface area contributed by atoms with E-state index in [-0.39, 0.29) is 35.8 Å². The summed E-state index contributed by atoms with van der Waals surface area (Å²) in [6.45, 7) is -0.562. The van der Waals surface area contributed by atoms with Gasteiger partial charge in [-0.25, -0.2) is 0 Å². The van der Waals surface area contributed by atoms with Gasteiger partial charge in [0.05, 0.1) is 35.6 Å². The molecule has 0 N–H and O–H groups in total. The van der Waals surface area contributed by atoms with E-state index in [1.165, 1.54) is 9.80 Å². The minimum absolute atomic E-state index is 0.165. The Kier molecular flexibility index (Phi) is 7.33. The molecule has 4 aromatic carbocycles. The van der Waals surface area contributed by atoms with Crippen LogP contribution in [0.25, 0.3) is 11.4 Å². The Labute approximate surface area is 252 Å². The van der Waals surface area contributed by atoms with E-state index in [2.05, 4.69) is 0 Å². The summed E-state index contributed by atoms with van der Waals surface area (Å²) in [4.78, 5) is 57.9. The number of carbonyl (C=O) groups excluding carboxylic acids is 4. The predicted octanol–water partition coefficient (Wildman–Crippen LogP) is 6.57. The molecule has 2 aliphatic heterocycles. The SMILES string of the molecule is O=C(CN1C(=O)C2=C(c3ccccc3)N(CC(=O)c3ccc(Cl)cc3)C(=O)C2=C1c1ccccc1)c1ccc(Cl)cc1. The van der Waals surface area contributed by atoms with E-state index < -0.39 is 11.8 Å². The molecule has 0 aliphatic carbocycles. The zero-order valence-electron chi connectivity index (χ0n) is 22.1. The minimum atomic E-state index is -0.486. The van der Waals surface area contributed by atoms with Gasteiger partial charge in [-0.15, -0.1) is 0 Å². The minimum Gasteiger partial charge on any atom is -0.299 e. The molecule has 2 aliphatic rings. The zero-order chi connectivity index (χ0) is 29.4. The maximum Gasteiger partial charge on any atom is 0.261 e. The third-order valence-electron chi connectivity index (χ3n) is 7.21. The van der Waals surface area contributed by atoms with E-state index in [1.807, 2.05) is 12.1 Å². The van der Waals surface area contributed by atoms with E-state index in [0.29, 0.717) is 43.7 Å². The molecule has 0 aromatic heterocycles. The molecule has 4 aromatic rings. The second kappa shape index (κ2) is 11.2. The van der Waals surface area contributed by atoms with Gasteiger partial charge in [0, 0.05) is 21.2 Å². The van der Waals surface area contributed by atoms with E-state index in [4.69, 9.17) is 23.2 Å². The Hall–Kier alpha value is -4.78. The largest absolute Gasteiger partial charge is 0.299 e. The molecular formula is C34H22Cl2N2O4. The summed E-state index contributed by atoms with van der Waals surface area (Å²) in [5.74, 6) is -1.59. The molecule has 0 saturated heterocycles. The Morgan fingerprint density at radius 3 is 1.17 bits per heavy atom. The third-order valence-corrected chi connectivity index (χ3v) is 7.72. The van der Waals surface area contributed by atoms with Gasteiger partial charge in [0.2, 0.25) is 0 Å². The zero-order valence-corrected chi connectivity index (χ0v) is 23.6. The van der Waals surface area contributed by atoms with Crippen LogP contribution in [0.3, 0.4) is 0 Å². The molecule has 8 heteroatoms. The van der Waals surface area contributed by atoms with Crippen molar-refractivity contribution in [1.29, 1.82) is 0 Å². The van der Waals surface area contributed by atoms with Crippen LogP contribution < -0.4 is 0 Å². The number of ketones is 2. The van der Waals surface area contributed by atoms with Gasteiger partial charge in [0.25, 0.3) is 11.8 Å². The number of hydrogen-bond donors (Lipinski definition) is 0. The molecule has 206 valence electrons. The third kappa shape index (κ3) is 4.96. The molecule has 2 amide bonds. The van der Waals surface area contributed by atoms with Crippen LogP contribution in [0.1, 0.15) is 31.8 Å². The fourth-order valence-corrected chi connectivity index (χ4v) is 5.48. The van der Waals surface area contributed by atoms with Crippen molar-refractivity contribution in [2.45, 2.75) is 0 Å². The lowest BCUT2D eigenvalue weighted by atomic mass is 10.0. The van der Waals surface area contributed by atoms with Crippen molar-refractivity contribution in [2.75, 3.05) is 13.1 Å². The number of nitrogens with zero attached hydrogens (tertiary/aromatic N) is 2. The number of amides is 2. The van der Waals surface area contributed by atoms with Gasteiger partial charge in [0.15, 0.2) is 11.6 Å². The summed E-state index contributed by atoms with van der Waals surface area (Å²) in [5, 5.41) is 0.976. The first-order chi connectivity index (χ1) is 20.3. The van der Waals surface area contributed by atoms with Crippen LogP contribution in [-0.4, -0.2) is 46.3 Å². The molecule has 0 bridgehead atoms. The number of hydrogen-bond acceptors (Lipinski definition) is 4. The summed E-state index contributed by atoms with van der Waals surface area (Å²) in [6.07, 6.45) is 0. The van der Waals surface area contributed by atoms with Crippen molar-refractivity contribution in [3.8, 4) is 0 Å². The maximum atomic E-state index is 14.2. The van der Waals surface area contributed by atoms with E-state index in [0.717, 1.165) is 0 Å². The standard InChI is InChI=1S/C34H22Cl2N2O4/c35-25-15-11-21(12-16-25)27(39)19-37-31(23-7-3-1-4-8-23)29-30(34(37)42)32(24-9-5-2-6-10-24)38(33(29)41)20-28(40)22-13-17-26(36)18-14-22/h1-18H,19-20H2. The van der Waals surface area contributed by atoms with Crippen LogP contribution >= 0.6 is 23.2 Å². The average molecular weight is 593 g/mol. The Bertz CT molecular complexity index is 1660. The highest BCUT2D eigenvalue weighted by Gasteiger charge is 2.49. The van der Waals surface area contributed by atoms with Gasteiger partial charge in [-0.3, -0.25) is 29.0 Å². The van der Waals surface area contributed by atoms with Crippen LogP contribution in [0, 0.1) is 0 Å². The van der Waals surface area contributed by atoms with Gasteiger partial charge in [-0.1, -0.05) is 83.9 Å². The van der Waals surface area contributed by atoms with Crippen molar-refractivity contribution >= 4 is 58.0 Å². The van der Waals surface area contributed by atoms with Gasteiger partial charge >= 0.3 is 0 Å². The Morgan fingerprint density at radius 1 is 0.500 bits per heavy atom. The van der Waals surface area contributed by atoms with Crippen LogP contribution in [0.5, 0.6) is 0 Å². The second-order valence-electron chi connectivity index (χ2n) is 9.82. The Morgan fingerprint density at radius 2 is 0.833 bits per heavy atom. The normalized spacial score (nSPS) is 14.6. The summed E-state index contributed by atoms with van der Waals surface area (Å²) in [6, 6.07) is 30.9. The van der Waals surface area contributed by atoms with Crippen molar-refractivity contribution in [2.24, 2.45) is 0 Å². The van der Waals surface area contributed by atoms with E-state index in [9.17, 15) is 19.2 Å². The van der Waals surface area contributed by atoms with Crippen molar-refractivity contribution in [1.82, 2.24) is 9.80 Å². The number of fused-ring (bicyclic) bond motifs is 1. The first kappa shape index (κ1) is 27.4. The summed E-state index contributed by atoms with van der Waals surface area (Å²) < 4.78 is 0. The molecule has 6 nitrogen and oxygen atoms in total. The molecule has 0 unspecified atom stereocenters. The van der Waals surface area contributed by atoms with Gasteiger partial charge < -0.3 is 0 Å². The fraction of sp³-hybridized carbons (Fsp3) is 0.0588.